The summed E-state index contributed by atoms with van der Waals surface area (Å²) >= 11 is 7.79. The van der Waals surface area contributed by atoms with Gasteiger partial charge in [0.1, 0.15) is 5.66 Å². The fourth-order valence-corrected chi connectivity index (χ4v) is 7.53. The summed E-state index contributed by atoms with van der Waals surface area (Å²) in [6.45, 7) is 4.54. The summed E-state index contributed by atoms with van der Waals surface area (Å²) < 4.78 is 0. The number of anilines is 7. The van der Waals surface area contributed by atoms with Crippen LogP contribution in [0.4, 0.5) is 39.8 Å². The van der Waals surface area contributed by atoms with Gasteiger partial charge in [-0.15, -0.1) is 0 Å². The SMILES string of the molecule is CC1(C)N(c2ccccc2)c2ccccc2N1c1cc(-c2ccccc2-c2ccccc2)cc(N(c2ccccc2)c2ccccc2)c1Cl. The lowest BCUT2D eigenvalue weighted by Crippen LogP contribution is -2.48. The van der Waals surface area contributed by atoms with Gasteiger partial charge < -0.3 is 14.7 Å². The normalized spacial score (nSPS) is 13.3. The first-order chi connectivity index (χ1) is 24.0. The van der Waals surface area contributed by atoms with Gasteiger partial charge in [0.05, 0.1) is 27.8 Å². The molecule has 0 atom stereocenters. The maximum Gasteiger partial charge on any atom is 0.116 e. The number of para-hydroxylation sites is 5. The van der Waals surface area contributed by atoms with Crippen LogP contribution in [0.25, 0.3) is 22.3 Å². The quantitative estimate of drug-likeness (QED) is 0.169. The second-order valence-corrected chi connectivity index (χ2v) is 13.1. The average molecular weight is 654 g/mol. The van der Waals surface area contributed by atoms with E-state index in [-0.39, 0.29) is 0 Å². The maximum atomic E-state index is 7.79. The minimum absolute atomic E-state index is 0.506. The summed E-state index contributed by atoms with van der Waals surface area (Å²) in [5.74, 6) is 0. The Morgan fingerprint density at radius 1 is 0.449 bits per heavy atom. The highest BCUT2D eigenvalue weighted by Crippen LogP contribution is 2.56. The van der Waals surface area contributed by atoms with Crippen molar-refractivity contribution in [2.75, 3.05) is 14.7 Å². The Morgan fingerprint density at radius 2 is 0.898 bits per heavy atom. The Kier molecular flexibility index (Phi) is 7.91. The first kappa shape index (κ1) is 30.6. The Morgan fingerprint density at radius 3 is 1.47 bits per heavy atom. The van der Waals surface area contributed by atoms with Crippen LogP contribution in [0.3, 0.4) is 0 Å². The van der Waals surface area contributed by atoms with Crippen LogP contribution in [0.2, 0.25) is 5.02 Å². The lowest BCUT2D eigenvalue weighted by molar-refractivity contribution is 0.540. The number of benzene rings is 7. The third kappa shape index (κ3) is 5.43. The predicted octanol–water partition coefficient (Wildman–Crippen LogP) is 13.2. The van der Waals surface area contributed by atoms with E-state index in [1.165, 1.54) is 11.1 Å². The van der Waals surface area contributed by atoms with Crippen LogP contribution >= 0.6 is 11.6 Å². The van der Waals surface area contributed by atoms with Gasteiger partial charge in [0.25, 0.3) is 0 Å². The largest absolute Gasteiger partial charge is 0.316 e. The summed E-state index contributed by atoms with van der Waals surface area (Å²) in [6, 6.07) is 64.0. The molecule has 0 saturated carbocycles. The molecule has 0 spiro atoms. The molecule has 1 heterocycles. The summed E-state index contributed by atoms with van der Waals surface area (Å²) in [5.41, 5.74) is 11.3. The molecule has 0 saturated heterocycles. The van der Waals surface area contributed by atoms with Crippen molar-refractivity contribution in [2.24, 2.45) is 0 Å². The molecular weight excluding hydrogens is 618 g/mol. The Hall–Kier alpha value is -5.77. The summed E-state index contributed by atoms with van der Waals surface area (Å²) in [5, 5.41) is 0.673. The zero-order chi connectivity index (χ0) is 33.4. The summed E-state index contributed by atoms with van der Waals surface area (Å²) in [6.07, 6.45) is 0. The van der Waals surface area contributed by atoms with Gasteiger partial charge in [-0.25, -0.2) is 0 Å². The van der Waals surface area contributed by atoms with Crippen LogP contribution in [-0.2, 0) is 0 Å². The summed E-state index contributed by atoms with van der Waals surface area (Å²) in [4.78, 5) is 7.09. The van der Waals surface area contributed by atoms with Crippen LogP contribution in [-0.4, -0.2) is 5.66 Å². The molecule has 0 aliphatic carbocycles. The molecule has 4 heteroatoms. The van der Waals surface area contributed by atoms with Crippen LogP contribution in [0.15, 0.2) is 182 Å². The van der Waals surface area contributed by atoms with E-state index in [2.05, 4.69) is 198 Å². The second kappa shape index (κ2) is 12.7. The fraction of sp³-hybridized carbons (Fsp3) is 0.0667. The van der Waals surface area contributed by atoms with Gasteiger partial charge in [0, 0.05) is 17.1 Å². The molecule has 0 amide bonds. The molecule has 1 aliphatic rings. The smallest absolute Gasteiger partial charge is 0.116 e. The highest BCUT2D eigenvalue weighted by atomic mass is 35.5. The lowest BCUT2D eigenvalue weighted by atomic mass is 9.93. The molecular formula is C45H36ClN3. The van der Waals surface area contributed by atoms with Gasteiger partial charge in [0.15, 0.2) is 0 Å². The molecule has 8 rings (SSSR count). The van der Waals surface area contributed by atoms with Gasteiger partial charge in [-0.3, -0.25) is 0 Å². The van der Waals surface area contributed by atoms with Crippen LogP contribution < -0.4 is 14.7 Å². The first-order valence-electron chi connectivity index (χ1n) is 16.7. The second-order valence-electron chi connectivity index (χ2n) is 12.7. The van der Waals surface area contributed by atoms with Gasteiger partial charge in [-0.1, -0.05) is 133 Å². The van der Waals surface area contributed by atoms with Crippen molar-refractivity contribution in [3.63, 3.8) is 0 Å². The third-order valence-corrected chi connectivity index (χ3v) is 9.73. The van der Waals surface area contributed by atoms with Crippen molar-refractivity contribution in [2.45, 2.75) is 19.5 Å². The maximum absolute atomic E-state index is 7.79. The van der Waals surface area contributed by atoms with E-state index >= 15 is 0 Å². The molecule has 49 heavy (non-hydrogen) atoms. The van der Waals surface area contributed by atoms with Crippen LogP contribution in [0.1, 0.15) is 13.8 Å². The Balaban J connectivity index is 1.43. The van der Waals surface area contributed by atoms with Crippen molar-refractivity contribution < 1.29 is 0 Å². The third-order valence-electron chi connectivity index (χ3n) is 9.34. The van der Waals surface area contributed by atoms with E-state index < -0.39 is 5.66 Å². The van der Waals surface area contributed by atoms with E-state index in [9.17, 15) is 0 Å². The fourth-order valence-electron chi connectivity index (χ4n) is 7.25. The molecule has 0 N–H and O–H groups in total. The minimum atomic E-state index is -0.506. The summed E-state index contributed by atoms with van der Waals surface area (Å²) in [7, 11) is 0. The van der Waals surface area contributed by atoms with Gasteiger partial charge in [-0.05, 0) is 96.8 Å². The monoisotopic (exact) mass is 653 g/mol. The van der Waals surface area contributed by atoms with Gasteiger partial charge in [-0.2, -0.15) is 0 Å². The van der Waals surface area contributed by atoms with Crippen molar-refractivity contribution in [1.82, 2.24) is 0 Å². The standard InChI is InChI=1S/C45H36ClN3/c1-45(2)48(37-25-13-6-14-26-37)40-29-17-18-30-41(40)49(45)43-32-34(39-28-16-15-27-38(39)33-19-7-3-8-20-33)31-42(44(43)46)47(35-21-9-4-10-22-35)36-23-11-5-12-24-36/h3-32H,1-2H3. The number of fused-ring (bicyclic) bond motifs is 1. The minimum Gasteiger partial charge on any atom is -0.316 e. The van der Waals surface area contributed by atoms with Crippen molar-refractivity contribution >= 4 is 51.4 Å². The van der Waals surface area contributed by atoms with Crippen molar-refractivity contribution in [3.05, 3.63) is 187 Å². The molecule has 0 radical (unpaired) electrons. The number of halogens is 1. The van der Waals surface area contributed by atoms with E-state index in [1.807, 2.05) is 12.1 Å². The predicted molar refractivity (Wildman–Crippen MR) is 208 cm³/mol. The molecule has 0 bridgehead atoms. The zero-order valence-corrected chi connectivity index (χ0v) is 28.3. The average Bonchev–Trinajstić information content (AvgIpc) is 3.39. The molecule has 0 aromatic heterocycles. The van der Waals surface area contributed by atoms with Crippen LogP contribution in [0.5, 0.6) is 0 Å². The van der Waals surface area contributed by atoms with E-state index in [1.54, 1.807) is 0 Å². The molecule has 238 valence electrons. The van der Waals surface area contributed by atoms with Gasteiger partial charge >= 0.3 is 0 Å². The highest BCUT2D eigenvalue weighted by Gasteiger charge is 2.45. The number of hydrogen-bond acceptors (Lipinski definition) is 3. The molecule has 7 aromatic carbocycles. The highest BCUT2D eigenvalue weighted by molar-refractivity contribution is 6.37. The molecule has 0 unspecified atom stereocenters. The number of hydrogen-bond donors (Lipinski definition) is 0. The number of nitrogens with zero attached hydrogens (tertiary/aromatic N) is 3. The molecule has 7 aromatic rings. The molecule has 1 aliphatic heterocycles. The zero-order valence-electron chi connectivity index (χ0n) is 27.5. The molecule has 3 nitrogen and oxygen atoms in total. The van der Waals surface area contributed by atoms with Gasteiger partial charge in [0.2, 0.25) is 0 Å². The number of rotatable bonds is 7. The molecule has 0 fully saturated rings. The topological polar surface area (TPSA) is 9.72 Å². The first-order valence-corrected chi connectivity index (χ1v) is 17.0. The van der Waals surface area contributed by atoms with Crippen LogP contribution in [0, 0.1) is 0 Å². The van der Waals surface area contributed by atoms with E-state index in [4.69, 9.17) is 11.6 Å². The Labute approximate surface area is 293 Å². The van der Waals surface area contributed by atoms with E-state index in [0.717, 1.165) is 50.9 Å². The van der Waals surface area contributed by atoms with E-state index in [0.29, 0.717) is 5.02 Å². The van der Waals surface area contributed by atoms with Crippen molar-refractivity contribution in [3.8, 4) is 22.3 Å². The lowest BCUT2D eigenvalue weighted by Gasteiger charge is -2.41. The Bertz CT molecular complexity index is 2180. The van der Waals surface area contributed by atoms with Crippen molar-refractivity contribution in [1.29, 1.82) is 0 Å².